The van der Waals surface area contributed by atoms with Crippen LogP contribution >= 0.6 is 0 Å². The van der Waals surface area contributed by atoms with Gasteiger partial charge < -0.3 is 14.8 Å². The number of ether oxygens (including phenoxy) is 2. The largest absolute Gasteiger partial charge is 0.481 e. The van der Waals surface area contributed by atoms with Crippen LogP contribution in [-0.4, -0.2) is 24.3 Å². The number of alkyl carbamates (subject to hydrolysis) is 1. The summed E-state index contributed by atoms with van der Waals surface area (Å²) in [5, 5.41) is 2.64. The molecular formula is C11H16N2O3. The molecule has 0 fully saturated rings. The molecule has 0 spiro atoms. The van der Waals surface area contributed by atoms with E-state index in [1.807, 2.05) is 0 Å². The van der Waals surface area contributed by atoms with Crippen molar-refractivity contribution in [3.63, 3.8) is 0 Å². The van der Waals surface area contributed by atoms with Crippen molar-refractivity contribution in [1.29, 1.82) is 0 Å². The topological polar surface area (TPSA) is 60.5 Å². The maximum Gasteiger partial charge on any atom is 0.407 e. The normalized spacial score (nSPS) is 10.0. The molecule has 0 saturated carbocycles. The van der Waals surface area contributed by atoms with Gasteiger partial charge in [0.1, 0.15) is 0 Å². The van der Waals surface area contributed by atoms with Crippen molar-refractivity contribution in [2.45, 2.75) is 26.5 Å². The average molecular weight is 224 g/mol. The first-order valence-corrected chi connectivity index (χ1v) is 5.05. The highest BCUT2D eigenvalue weighted by atomic mass is 16.6. The Morgan fingerprint density at radius 2 is 2.31 bits per heavy atom. The van der Waals surface area contributed by atoms with Crippen LogP contribution in [-0.2, 0) is 11.3 Å². The van der Waals surface area contributed by atoms with E-state index in [2.05, 4.69) is 10.3 Å². The van der Waals surface area contributed by atoms with Gasteiger partial charge in [0.05, 0.1) is 13.2 Å². The summed E-state index contributed by atoms with van der Waals surface area (Å²) >= 11 is 0. The molecule has 1 rings (SSSR count). The zero-order valence-corrected chi connectivity index (χ0v) is 9.69. The first-order valence-electron chi connectivity index (χ1n) is 5.05. The molecule has 1 amide bonds. The van der Waals surface area contributed by atoms with Crippen molar-refractivity contribution in [3.8, 4) is 5.88 Å². The lowest BCUT2D eigenvalue weighted by Gasteiger charge is -2.09. The van der Waals surface area contributed by atoms with E-state index in [1.165, 1.54) is 0 Å². The maximum absolute atomic E-state index is 11.2. The molecule has 16 heavy (non-hydrogen) atoms. The summed E-state index contributed by atoms with van der Waals surface area (Å²) in [4.78, 5) is 15.2. The van der Waals surface area contributed by atoms with E-state index >= 15 is 0 Å². The summed E-state index contributed by atoms with van der Waals surface area (Å²) in [6.45, 7) is 3.99. The van der Waals surface area contributed by atoms with E-state index in [0.29, 0.717) is 12.4 Å². The van der Waals surface area contributed by atoms with Gasteiger partial charge in [-0.25, -0.2) is 9.78 Å². The van der Waals surface area contributed by atoms with Crippen molar-refractivity contribution < 1.29 is 14.3 Å². The second-order valence-electron chi connectivity index (χ2n) is 3.51. The number of nitrogens with one attached hydrogen (secondary N) is 1. The van der Waals surface area contributed by atoms with Crippen LogP contribution in [0, 0.1) is 0 Å². The number of aromatic nitrogens is 1. The third kappa shape index (κ3) is 4.16. The molecule has 0 atom stereocenters. The van der Waals surface area contributed by atoms with Crippen LogP contribution in [0.25, 0.3) is 0 Å². The van der Waals surface area contributed by atoms with Crippen molar-refractivity contribution in [2.24, 2.45) is 0 Å². The predicted octanol–water partition coefficient (Wildman–Crippen LogP) is 1.72. The van der Waals surface area contributed by atoms with Crippen LogP contribution in [0.1, 0.15) is 19.4 Å². The second kappa shape index (κ2) is 5.95. The summed E-state index contributed by atoms with van der Waals surface area (Å²) in [7, 11) is 1.55. The van der Waals surface area contributed by atoms with E-state index in [1.54, 1.807) is 39.3 Å². The Balaban J connectivity index is 2.45. The summed E-state index contributed by atoms with van der Waals surface area (Å²) < 4.78 is 9.90. The summed E-state index contributed by atoms with van der Waals surface area (Å²) in [5.74, 6) is 0.525. The fourth-order valence-corrected chi connectivity index (χ4v) is 1.10. The molecule has 1 N–H and O–H groups in total. The number of carbonyl (C=O) groups excluding carboxylic acids is 1. The minimum atomic E-state index is -0.425. The molecule has 0 saturated heterocycles. The Bertz CT molecular complexity index is 353. The van der Waals surface area contributed by atoms with Crippen LogP contribution in [0.15, 0.2) is 18.3 Å². The lowest BCUT2D eigenvalue weighted by molar-refractivity contribution is 0.115. The molecular weight excluding hydrogens is 208 g/mol. The minimum Gasteiger partial charge on any atom is -0.481 e. The number of hydrogen-bond acceptors (Lipinski definition) is 4. The van der Waals surface area contributed by atoms with E-state index in [0.717, 1.165) is 5.56 Å². The van der Waals surface area contributed by atoms with E-state index in [4.69, 9.17) is 9.47 Å². The fourth-order valence-electron chi connectivity index (χ4n) is 1.10. The van der Waals surface area contributed by atoms with Crippen LogP contribution in [0.5, 0.6) is 5.88 Å². The van der Waals surface area contributed by atoms with Crippen LogP contribution in [0.4, 0.5) is 4.79 Å². The highest BCUT2D eigenvalue weighted by molar-refractivity contribution is 5.67. The monoisotopic (exact) mass is 224 g/mol. The molecule has 0 unspecified atom stereocenters. The smallest absolute Gasteiger partial charge is 0.407 e. The lowest BCUT2D eigenvalue weighted by atomic mass is 10.2. The minimum absolute atomic E-state index is 0.119. The highest BCUT2D eigenvalue weighted by Crippen LogP contribution is 2.08. The fraction of sp³-hybridized carbons (Fsp3) is 0.455. The molecule has 1 aromatic rings. The SMILES string of the molecule is COc1cc(CNC(=O)OC(C)C)ccn1. The molecule has 1 heterocycles. The highest BCUT2D eigenvalue weighted by Gasteiger charge is 2.04. The Hall–Kier alpha value is -1.78. The van der Waals surface area contributed by atoms with Crippen LogP contribution < -0.4 is 10.1 Å². The Morgan fingerprint density at radius 1 is 1.56 bits per heavy atom. The Kier molecular flexibility index (Phi) is 4.57. The number of carbonyl (C=O) groups is 1. The summed E-state index contributed by atoms with van der Waals surface area (Å²) in [6, 6.07) is 3.56. The predicted molar refractivity (Wildman–Crippen MR) is 59.2 cm³/mol. The molecule has 0 aliphatic heterocycles. The van der Waals surface area contributed by atoms with Gasteiger partial charge in [0.15, 0.2) is 0 Å². The van der Waals surface area contributed by atoms with Gasteiger partial charge in [-0.2, -0.15) is 0 Å². The first-order chi connectivity index (χ1) is 7.61. The molecule has 5 heteroatoms. The molecule has 5 nitrogen and oxygen atoms in total. The van der Waals surface area contributed by atoms with Gasteiger partial charge in [-0.1, -0.05) is 0 Å². The molecule has 1 aromatic heterocycles. The number of rotatable bonds is 4. The second-order valence-corrected chi connectivity index (χ2v) is 3.51. The molecule has 88 valence electrons. The van der Waals surface area contributed by atoms with Gasteiger partial charge in [0.25, 0.3) is 0 Å². The van der Waals surface area contributed by atoms with E-state index in [-0.39, 0.29) is 6.10 Å². The van der Waals surface area contributed by atoms with Gasteiger partial charge >= 0.3 is 6.09 Å². The number of nitrogens with zero attached hydrogens (tertiary/aromatic N) is 1. The number of amides is 1. The van der Waals surface area contributed by atoms with Gasteiger partial charge in [0, 0.05) is 18.8 Å². The number of methoxy groups -OCH3 is 1. The van der Waals surface area contributed by atoms with Crippen LogP contribution in [0.2, 0.25) is 0 Å². The first kappa shape index (κ1) is 12.3. The van der Waals surface area contributed by atoms with E-state index in [9.17, 15) is 4.79 Å². The molecule has 0 aliphatic rings. The quantitative estimate of drug-likeness (QED) is 0.846. The zero-order chi connectivity index (χ0) is 12.0. The van der Waals surface area contributed by atoms with Crippen molar-refractivity contribution in [1.82, 2.24) is 10.3 Å². The van der Waals surface area contributed by atoms with E-state index < -0.39 is 6.09 Å². The van der Waals surface area contributed by atoms with Gasteiger partial charge in [-0.05, 0) is 25.5 Å². The lowest BCUT2D eigenvalue weighted by Crippen LogP contribution is -2.26. The molecule has 0 radical (unpaired) electrons. The standard InChI is InChI=1S/C11H16N2O3/c1-8(2)16-11(14)13-7-9-4-5-12-10(6-9)15-3/h4-6,8H,7H2,1-3H3,(H,13,14). The van der Waals surface area contributed by atoms with Crippen molar-refractivity contribution in [3.05, 3.63) is 23.9 Å². The maximum atomic E-state index is 11.2. The van der Waals surface area contributed by atoms with Crippen molar-refractivity contribution in [2.75, 3.05) is 7.11 Å². The number of pyridine rings is 1. The molecule has 0 bridgehead atoms. The Labute approximate surface area is 94.8 Å². The third-order valence-corrected chi connectivity index (χ3v) is 1.79. The summed E-state index contributed by atoms with van der Waals surface area (Å²) in [6.07, 6.45) is 1.08. The zero-order valence-electron chi connectivity index (χ0n) is 9.69. The average Bonchev–Trinajstić information content (AvgIpc) is 2.26. The number of hydrogen-bond donors (Lipinski definition) is 1. The summed E-state index contributed by atoms with van der Waals surface area (Å²) in [5.41, 5.74) is 0.910. The van der Waals surface area contributed by atoms with Crippen molar-refractivity contribution >= 4 is 6.09 Å². The molecule has 0 aromatic carbocycles. The Morgan fingerprint density at radius 3 is 2.94 bits per heavy atom. The third-order valence-electron chi connectivity index (χ3n) is 1.79. The molecule has 0 aliphatic carbocycles. The van der Waals surface area contributed by atoms with Gasteiger partial charge in [-0.3, -0.25) is 0 Å². The van der Waals surface area contributed by atoms with Gasteiger partial charge in [0.2, 0.25) is 5.88 Å². The van der Waals surface area contributed by atoms with Gasteiger partial charge in [-0.15, -0.1) is 0 Å². The van der Waals surface area contributed by atoms with Crippen LogP contribution in [0.3, 0.4) is 0 Å².